The van der Waals surface area contributed by atoms with Gasteiger partial charge in [0.05, 0.1) is 27.7 Å². The maximum absolute atomic E-state index is 12.8. The van der Waals surface area contributed by atoms with E-state index in [-0.39, 0.29) is 26.1 Å². The summed E-state index contributed by atoms with van der Waals surface area (Å²) in [4.78, 5) is 37.9. The largest absolute Gasteiger partial charge is 0.756 e. The topological polar surface area (TPSA) is 111 Å². The van der Waals surface area contributed by atoms with Crippen LogP contribution in [-0.2, 0) is 32.7 Å². The normalized spacial score (nSPS) is 14.4. The quantitative estimate of drug-likeness (QED) is 0.0195. The lowest BCUT2D eigenvalue weighted by molar-refractivity contribution is -0.870. The Bertz CT molecular complexity index is 1950. The number of allylic oxidation sites excluding steroid dienone is 28. The Morgan fingerprint density at radius 1 is 0.388 bits per heavy atom. The molecule has 0 rings (SSSR count). The van der Waals surface area contributed by atoms with Crippen molar-refractivity contribution in [2.45, 2.75) is 213 Å². The van der Waals surface area contributed by atoms with E-state index in [2.05, 4.69) is 184 Å². The van der Waals surface area contributed by atoms with Gasteiger partial charge in [-0.2, -0.15) is 0 Å². The van der Waals surface area contributed by atoms with Crippen LogP contribution in [0.2, 0.25) is 0 Å². The van der Waals surface area contributed by atoms with E-state index in [1.165, 1.54) is 0 Å². The first-order valence-corrected chi connectivity index (χ1v) is 32.3. The summed E-state index contributed by atoms with van der Waals surface area (Å²) >= 11 is 0. The van der Waals surface area contributed by atoms with Crippen LogP contribution in [0.1, 0.15) is 206 Å². The number of ether oxygens (including phenoxy) is 2. The van der Waals surface area contributed by atoms with E-state index in [4.69, 9.17) is 18.5 Å². The van der Waals surface area contributed by atoms with Crippen LogP contribution >= 0.6 is 7.82 Å². The number of likely N-dealkylation sites (N-methyl/N-ethyl adjacent to an activating group) is 1. The van der Waals surface area contributed by atoms with Gasteiger partial charge in [0.2, 0.25) is 0 Å². The van der Waals surface area contributed by atoms with Crippen molar-refractivity contribution in [3.05, 3.63) is 170 Å². The van der Waals surface area contributed by atoms with Gasteiger partial charge >= 0.3 is 11.9 Å². The van der Waals surface area contributed by atoms with E-state index in [1.54, 1.807) is 0 Å². The third-order valence-corrected chi connectivity index (χ3v) is 13.2. The number of carbonyl (C=O) groups excluding carboxylic acids is 2. The van der Waals surface area contributed by atoms with Crippen LogP contribution in [-0.4, -0.2) is 70.0 Å². The highest BCUT2D eigenvalue weighted by Gasteiger charge is 2.21. The summed E-state index contributed by atoms with van der Waals surface area (Å²) in [5.41, 5.74) is 0. The highest BCUT2D eigenvalue weighted by Crippen LogP contribution is 2.38. The molecular weight excluding hydrogens is 1010 g/mol. The molecule has 0 aromatic heterocycles. The number of phosphoric acid groups is 1. The number of quaternary nitrogens is 1. The molecule has 9 nitrogen and oxygen atoms in total. The van der Waals surface area contributed by atoms with Crippen LogP contribution in [0.15, 0.2) is 170 Å². The average molecular weight is 1130 g/mol. The number of unbranched alkanes of at least 4 members (excludes halogenated alkanes) is 12. The number of hydrogen-bond donors (Lipinski definition) is 0. The summed E-state index contributed by atoms with van der Waals surface area (Å²) in [6.45, 7) is 3.95. The van der Waals surface area contributed by atoms with Crippen molar-refractivity contribution in [1.82, 2.24) is 0 Å². The second-order valence-electron chi connectivity index (χ2n) is 20.9. The molecule has 0 saturated carbocycles. The molecule has 0 saturated heterocycles. The third kappa shape index (κ3) is 62.6. The Hall–Kier alpha value is -4.63. The van der Waals surface area contributed by atoms with Crippen molar-refractivity contribution < 1.29 is 42.1 Å². The zero-order valence-corrected chi connectivity index (χ0v) is 51.8. The molecule has 0 aliphatic heterocycles. The van der Waals surface area contributed by atoms with Crippen LogP contribution in [0, 0.1) is 0 Å². The molecule has 0 aromatic carbocycles. The van der Waals surface area contributed by atoms with Gasteiger partial charge in [-0.15, -0.1) is 0 Å². The molecule has 0 spiro atoms. The summed E-state index contributed by atoms with van der Waals surface area (Å²) in [6.07, 6.45) is 89.7. The summed E-state index contributed by atoms with van der Waals surface area (Å²) in [6, 6.07) is 0. The monoisotopic (exact) mass is 1130 g/mol. The molecule has 0 aliphatic rings. The smallest absolute Gasteiger partial charge is 0.306 e. The van der Waals surface area contributed by atoms with Crippen molar-refractivity contribution in [3.63, 3.8) is 0 Å². The minimum Gasteiger partial charge on any atom is -0.756 e. The molecule has 2 unspecified atom stereocenters. The first-order chi connectivity index (χ1) is 39.0. The Morgan fingerprint density at radius 3 is 1.00 bits per heavy atom. The summed E-state index contributed by atoms with van der Waals surface area (Å²) in [5, 5.41) is 0. The Labute approximate surface area is 489 Å². The number of carbonyl (C=O) groups is 2. The van der Waals surface area contributed by atoms with Crippen molar-refractivity contribution in [1.29, 1.82) is 0 Å². The lowest BCUT2D eigenvalue weighted by Crippen LogP contribution is -2.37. The second-order valence-corrected chi connectivity index (χ2v) is 22.4. The van der Waals surface area contributed by atoms with Gasteiger partial charge in [-0.3, -0.25) is 14.2 Å². The number of rotatable bonds is 54. The first-order valence-electron chi connectivity index (χ1n) is 30.8. The predicted octanol–water partition coefficient (Wildman–Crippen LogP) is 19.2. The molecule has 0 amide bonds. The van der Waals surface area contributed by atoms with E-state index in [0.717, 1.165) is 167 Å². The third-order valence-electron chi connectivity index (χ3n) is 12.2. The SMILES string of the molecule is CC/C=C\C/C=C\C/C=C\C/C=C\C/C=C\C/C=C\C/C=C\C/C=C\C/C=C\C/C=C\CCCCCCCCC(=O)OC(COC(=O)CCCCCCCC/C=C\C/C=C\C/C=C\C/C=C\CC)COP(=O)([O-])OCC[N+](C)(C)C. The van der Waals surface area contributed by atoms with Crippen LogP contribution in [0.3, 0.4) is 0 Å². The molecule has 450 valence electrons. The number of hydrogen-bond acceptors (Lipinski definition) is 8. The van der Waals surface area contributed by atoms with Gasteiger partial charge in [0.15, 0.2) is 6.10 Å². The number of nitrogens with zero attached hydrogens (tertiary/aromatic N) is 1. The van der Waals surface area contributed by atoms with Gasteiger partial charge in [0.1, 0.15) is 19.8 Å². The van der Waals surface area contributed by atoms with E-state index < -0.39 is 32.5 Å². The van der Waals surface area contributed by atoms with Crippen LogP contribution in [0.4, 0.5) is 0 Å². The second kappa shape index (κ2) is 59.0. The lowest BCUT2D eigenvalue weighted by Gasteiger charge is -2.28. The van der Waals surface area contributed by atoms with Crippen molar-refractivity contribution >= 4 is 19.8 Å². The van der Waals surface area contributed by atoms with E-state index in [0.29, 0.717) is 23.9 Å². The Balaban J connectivity index is 4.23. The zero-order chi connectivity index (χ0) is 58.4. The molecule has 80 heavy (non-hydrogen) atoms. The fourth-order valence-corrected chi connectivity index (χ4v) is 8.28. The predicted molar refractivity (Wildman–Crippen MR) is 341 cm³/mol. The van der Waals surface area contributed by atoms with E-state index in [9.17, 15) is 19.0 Å². The molecule has 0 aromatic rings. The minimum absolute atomic E-state index is 0.0465. The molecule has 10 heteroatoms. The summed E-state index contributed by atoms with van der Waals surface area (Å²) < 4.78 is 34.1. The number of esters is 2. The van der Waals surface area contributed by atoms with Crippen molar-refractivity contribution in [2.75, 3.05) is 47.5 Å². The molecule has 0 bridgehead atoms. The molecule has 0 N–H and O–H groups in total. The van der Waals surface area contributed by atoms with Gasteiger partial charge in [-0.05, 0) is 128 Å². The Morgan fingerprint density at radius 2 is 0.675 bits per heavy atom. The summed E-state index contributed by atoms with van der Waals surface area (Å²) in [5.74, 6) is -0.881. The van der Waals surface area contributed by atoms with Crippen molar-refractivity contribution in [3.8, 4) is 0 Å². The number of phosphoric ester groups is 1. The molecule has 0 heterocycles. The van der Waals surface area contributed by atoms with Gasteiger partial charge in [0, 0.05) is 12.8 Å². The molecule has 2 atom stereocenters. The standard InChI is InChI=1S/C70H112NO8P/c1-6-8-10-12-14-16-18-20-22-24-26-27-28-29-30-31-32-33-34-35-36-37-38-39-40-41-42-43-45-47-49-51-53-55-57-59-61-63-70(73)79-68(67-78-80(74,75)77-65-64-71(3,4)5)66-76-69(72)62-60-58-56-54-52-50-48-46-44-25-23-21-19-17-15-13-11-9-7-2/h8-11,14-17,20-23,26-27,29-30,32-33,35-36,38-39,41-42,44-47,68H,6-7,12-13,18-19,24-25,28,31,34,37,40,43,48-67H2,1-5H3/b10-8-,11-9-,16-14-,17-15-,22-20-,23-21-,27-26-,30-29-,33-32-,36-35-,39-38-,42-41-,46-44-,47-45-. The summed E-state index contributed by atoms with van der Waals surface area (Å²) in [7, 11) is 1.12. The van der Waals surface area contributed by atoms with Crippen LogP contribution in [0.5, 0.6) is 0 Å². The van der Waals surface area contributed by atoms with Gasteiger partial charge in [0.25, 0.3) is 7.82 Å². The van der Waals surface area contributed by atoms with Crippen LogP contribution in [0.25, 0.3) is 0 Å². The van der Waals surface area contributed by atoms with Gasteiger partial charge in [-0.1, -0.05) is 235 Å². The zero-order valence-electron chi connectivity index (χ0n) is 50.9. The first kappa shape index (κ1) is 75.4. The van der Waals surface area contributed by atoms with Gasteiger partial charge < -0.3 is 27.9 Å². The molecule has 0 aliphatic carbocycles. The maximum Gasteiger partial charge on any atom is 0.306 e. The molecule has 0 fully saturated rings. The van der Waals surface area contributed by atoms with E-state index in [1.807, 2.05) is 21.1 Å². The van der Waals surface area contributed by atoms with Crippen LogP contribution < -0.4 is 4.89 Å². The average Bonchev–Trinajstić information content (AvgIpc) is 3.42. The lowest BCUT2D eigenvalue weighted by atomic mass is 10.1. The van der Waals surface area contributed by atoms with E-state index >= 15 is 0 Å². The fraction of sp³-hybridized carbons (Fsp3) is 0.571. The highest BCUT2D eigenvalue weighted by atomic mass is 31.2. The van der Waals surface area contributed by atoms with Gasteiger partial charge in [-0.25, -0.2) is 0 Å². The highest BCUT2D eigenvalue weighted by molar-refractivity contribution is 7.45. The molecular formula is C70H112NO8P. The fourth-order valence-electron chi connectivity index (χ4n) is 7.56. The maximum atomic E-state index is 12.8. The Kier molecular flexibility index (Phi) is 55.6. The van der Waals surface area contributed by atoms with Crippen molar-refractivity contribution in [2.24, 2.45) is 0 Å². The minimum atomic E-state index is -4.66. The molecule has 0 radical (unpaired) electrons.